The van der Waals surface area contributed by atoms with Gasteiger partial charge < -0.3 is 0 Å². The van der Waals surface area contributed by atoms with E-state index in [-0.39, 0.29) is 44.1 Å². The van der Waals surface area contributed by atoms with Crippen LogP contribution in [-0.4, -0.2) is 0 Å². The third-order valence-corrected chi connectivity index (χ3v) is 35.9. The van der Waals surface area contributed by atoms with Gasteiger partial charge >= 0.3 is 0 Å². The molecule has 12 fully saturated rings. The molecule has 0 spiro atoms. The van der Waals surface area contributed by atoms with E-state index < -0.39 is 105 Å². The van der Waals surface area contributed by atoms with Gasteiger partial charge in [-0.2, -0.15) is 0 Å². The van der Waals surface area contributed by atoms with Gasteiger partial charge in [-0.1, -0.05) is 199 Å². The fourth-order valence-corrected chi connectivity index (χ4v) is 25.3. The van der Waals surface area contributed by atoms with E-state index in [9.17, 15) is 79.0 Å². The number of rotatable bonds is 12. The first kappa shape index (κ1) is 113. The molecular formula is C126H168F18. The van der Waals surface area contributed by atoms with Gasteiger partial charge in [-0.25, -0.2) is 79.0 Å². The molecule has 0 heterocycles. The van der Waals surface area contributed by atoms with E-state index in [1.807, 2.05) is 0 Å². The van der Waals surface area contributed by atoms with Gasteiger partial charge in [-0.3, -0.25) is 0 Å². The number of aryl methyl sites for hydroxylation is 12. The zero-order valence-electron chi connectivity index (χ0n) is 87.3. The molecule has 12 saturated carbocycles. The van der Waals surface area contributed by atoms with Crippen LogP contribution < -0.4 is 0 Å². The summed E-state index contributed by atoms with van der Waals surface area (Å²) < 4.78 is 242. The molecule has 0 saturated heterocycles. The Balaban J connectivity index is 0.000000229. The largest absolute Gasteiger partial charge is 0.203 e. The van der Waals surface area contributed by atoms with Crippen LogP contribution >= 0.6 is 0 Å². The van der Waals surface area contributed by atoms with Crippen LogP contribution in [0.15, 0.2) is 109 Å². The van der Waals surface area contributed by atoms with Gasteiger partial charge in [0, 0.05) is 8.56 Å². The molecular weight excluding hydrogens is 1860 g/mol. The molecule has 0 nitrogen and oxygen atoms in total. The highest BCUT2D eigenvalue weighted by atomic mass is 19.2. The first-order valence-corrected chi connectivity index (χ1v) is 54.8. The SMILES string of the molecule is Cc1ccc(C)c(F)c1F.Cc1ccc(C)c(F)c1F.Cc1ccc(C)c(F)c1F.Cc1ccc(C2CCC(C3CC3)CC2)c(F)c1F.Cc1ccc(C2CCC(C3CC3)CC2)c(F)c1F.Cc1ccc(C2CCC(C3CCC3)CC2)c(F)c1F.Cc1ccc(C2CCC(C3CCC3)CC2)c(F)c1F.Cc1ccc(C2CCC(C3CCCC3)CC2)c(F)c1F.Cc1ccc(C2CCC(C3CCCC3)CC2)c(F)c1F.[HH].[HH].[HH].[HH].[HH].[HH]. The average molecular weight is 2020 g/mol. The number of halogens is 18. The average Bonchev–Trinajstić information content (AvgIpc) is 1.56. The number of hydrogen-bond donors (Lipinski definition) is 0. The van der Waals surface area contributed by atoms with E-state index in [1.165, 1.54) is 234 Å². The summed E-state index contributed by atoms with van der Waals surface area (Å²) in [7, 11) is 0. The highest BCUT2D eigenvalue weighted by molar-refractivity contribution is 5.36. The molecule has 21 rings (SSSR count). The second-order valence-corrected chi connectivity index (χ2v) is 45.4. The Morgan fingerprint density at radius 2 is 0.208 bits per heavy atom. The standard InChI is InChI=1S/2C18H24F2.2C17H22F2.2C16H20F2.3C8H8F2.6H2/c2*1-12-6-11-16(18(20)17(12)19)15-9-7-14(8-10-15)13-4-2-3-5-13;2*1-11-5-10-15(17(19)16(11)18)14-8-6-13(7-9-14)12-3-2-4-12;2*1-10-2-9-14(16(18)15(10)17)13-7-5-12(6-8-13)11-3-4-11;3*1-5-3-4-6(2)8(10)7(5)9;;;;;;/h2*6,11,13-15H,2-5,7-10H2,1H3;2*5,10,12-14H,2-4,6-9H2,1H3;2*2,9,11-13H,3-8H2,1H3;3*3-4H,1-2H3;6*1H. The lowest BCUT2D eigenvalue weighted by atomic mass is 9.67. The highest BCUT2D eigenvalue weighted by Gasteiger charge is 2.41. The van der Waals surface area contributed by atoms with Crippen molar-refractivity contribution >= 4 is 0 Å². The molecule has 144 heavy (non-hydrogen) atoms. The van der Waals surface area contributed by atoms with Crippen LogP contribution in [0.2, 0.25) is 0 Å². The third kappa shape index (κ3) is 29.1. The normalized spacial score (nSPS) is 24.4. The first-order valence-electron chi connectivity index (χ1n) is 54.8. The number of benzene rings is 9. The number of hydrogen-bond acceptors (Lipinski definition) is 0. The maximum absolute atomic E-state index is 14.1. The molecule has 0 aliphatic heterocycles. The van der Waals surface area contributed by atoms with E-state index in [0.29, 0.717) is 100 Å². The minimum atomic E-state index is -0.736. The molecule has 9 aromatic carbocycles. The quantitative estimate of drug-likeness (QED) is 0.107. The van der Waals surface area contributed by atoms with E-state index in [4.69, 9.17) is 0 Å². The second kappa shape index (κ2) is 52.7. The molecule has 12 aliphatic carbocycles. The second-order valence-electron chi connectivity index (χ2n) is 45.4. The molecule has 9 aromatic rings. The summed E-state index contributed by atoms with van der Waals surface area (Å²) in [5, 5.41) is 0. The lowest BCUT2D eigenvalue weighted by Gasteiger charge is -2.38. The zero-order valence-corrected chi connectivity index (χ0v) is 87.3. The van der Waals surface area contributed by atoms with Gasteiger partial charge in [-0.05, 0) is 470 Å². The Morgan fingerprint density at radius 1 is 0.118 bits per heavy atom. The monoisotopic (exact) mass is 2020 g/mol. The van der Waals surface area contributed by atoms with E-state index in [1.54, 1.807) is 151 Å². The minimum Gasteiger partial charge on any atom is -0.203 e. The Labute approximate surface area is 856 Å². The summed E-state index contributed by atoms with van der Waals surface area (Å²) in [6.07, 6.45) is 51.8. The Hall–Kier alpha value is -8.28. The van der Waals surface area contributed by atoms with Crippen molar-refractivity contribution in [1.29, 1.82) is 0 Å². The zero-order chi connectivity index (χ0) is 104. The van der Waals surface area contributed by atoms with Crippen LogP contribution in [0.3, 0.4) is 0 Å². The summed E-state index contributed by atoms with van der Waals surface area (Å²) in [5.41, 5.74) is 8.18. The molecule has 0 amide bonds. The van der Waals surface area contributed by atoms with Crippen LogP contribution in [0.1, 0.15) is 414 Å². The van der Waals surface area contributed by atoms with Gasteiger partial charge in [-0.15, -0.1) is 0 Å². The molecule has 12 aliphatic rings. The summed E-state index contributed by atoms with van der Waals surface area (Å²) in [6, 6.07) is 30.4. The highest BCUT2D eigenvalue weighted by Crippen LogP contribution is 2.53. The van der Waals surface area contributed by atoms with Crippen molar-refractivity contribution in [2.75, 3.05) is 0 Å². The summed E-state index contributed by atoms with van der Waals surface area (Å²) in [4.78, 5) is 0. The smallest absolute Gasteiger partial charge is 0.162 e. The molecule has 0 N–H and O–H groups in total. The van der Waals surface area contributed by atoms with E-state index >= 15 is 0 Å². The first-order chi connectivity index (χ1) is 68.9. The van der Waals surface area contributed by atoms with Crippen LogP contribution in [0.4, 0.5) is 79.0 Å². The summed E-state index contributed by atoms with van der Waals surface area (Å²) in [6.45, 7) is 19.0. The molecule has 0 radical (unpaired) electrons. The van der Waals surface area contributed by atoms with Gasteiger partial charge in [0.25, 0.3) is 0 Å². The van der Waals surface area contributed by atoms with Crippen LogP contribution in [0.25, 0.3) is 0 Å². The molecule has 0 unspecified atom stereocenters. The van der Waals surface area contributed by atoms with Gasteiger partial charge in [0.2, 0.25) is 0 Å². The summed E-state index contributed by atoms with van der Waals surface area (Å²) >= 11 is 0. The van der Waals surface area contributed by atoms with Gasteiger partial charge in [0.1, 0.15) is 0 Å². The van der Waals surface area contributed by atoms with Crippen molar-refractivity contribution < 1.29 is 87.6 Å². The molecule has 798 valence electrons. The third-order valence-electron chi connectivity index (χ3n) is 35.9. The maximum Gasteiger partial charge on any atom is 0.162 e. The summed E-state index contributed by atoms with van der Waals surface area (Å²) in [5.74, 6) is 0.0891. The lowest BCUT2D eigenvalue weighted by Crippen LogP contribution is -2.26. The lowest BCUT2D eigenvalue weighted by molar-refractivity contribution is 0.153. The van der Waals surface area contributed by atoms with Crippen LogP contribution in [-0.2, 0) is 0 Å². The van der Waals surface area contributed by atoms with E-state index in [2.05, 4.69) is 0 Å². The van der Waals surface area contributed by atoms with Crippen molar-refractivity contribution in [2.24, 2.45) is 71.0 Å². The van der Waals surface area contributed by atoms with Crippen LogP contribution in [0, 0.1) is 259 Å². The Bertz CT molecular complexity index is 5220. The molecule has 18 heteroatoms. The Kier molecular flexibility index (Phi) is 41.3. The van der Waals surface area contributed by atoms with Gasteiger partial charge in [0.15, 0.2) is 105 Å². The maximum atomic E-state index is 14.1. The van der Waals surface area contributed by atoms with Crippen LogP contribution in [0.5, 0.6) is 0 Å². The fourth-order valence-electron chi connectivity index (χ4n) is 25.3. The minimum absolute atomic E-state index is 0. The predicted molar refractivity (Wildman–Crippen MR) is 559 cm³/mol. The molecule has 0 atom stereocenters. The predicted octanol–water partition coefficient (Wildman–Crippen LogP) is 41.3. The fraction of sp³-hybridized carbons (Fsp3) is 0.571. The van der Waals surface area contributed by atoms with Crippen molar-refractivity contribution in [3.63, 3.8) is 0 Å². The van der Waals surface area contributed by atoms with Crippen molar-refractivity contribution in [1.82, 2.24) is 0 Å². The van der Waals surface area contributed by atoms with Crippen molar-refractivity contribution in [3.8, 4) is 0 Å². The Morgan fingerprint density at radius 3 is 0.312 bits per heavy atom. The van der Waals surface area contributed by atoms with E-state index in [0.717, 1.165) is 148 Å². The van der Waals surface area contributed by atoms with Crippen molar-refractivity contribution in [3.05, 3.63) is 314 Å². The molecule has 0 aromatic heterocycles. The molecule has 0 bridgehead atoms. The topological polar surface area (TPSA) is 0 Å². The van der Waals surface area contributed by atoms with Crippen molar-refractivity contribution in [2.45, 2.75) is 388 Å². The van der Waals surface area contributed by atoms with Gasteiger partial charge in [0.05, 0.1) is 0 Å².